The van der Waals surface area contributed by atoms with Crippen LogP contribution < -0.4 is 0 Å². The highest BCUT2D eigenvalue weighted by Gasteiger charge is 2.35. The van der Waals surface area contributed by atoms with Gasteiger partial charge >= 0.3 is 0 Å². The highest BCUT2D eigenvalue weighted by Crippen LogP contribution is 2.51. The first-order valence-electron chi connectivity index (χ1n) is 17.6. The fourth-order valence-electron chi connectivity index (χ4n) is 8.27. The molecule has 0 amide bonds. The lowest BCUT2D eigenvalue weighted by Crippen LogP contribution is -2.14. The zero-order valence-electron chi connectivity index (χ0n) is 28.7. The normalized spacial score (nSPS) is 12.9. The van der Waals surface area contributed by atoms with Crippen molar-refractivity contribution in [3.63, 3.8) is 0 Å². The van der Waals surface area contributed by atoms with E-state index in [9.17, 15) is 0 Å². The summed E-state index contributed by atoms with van der Waals surface area (Å²) in [4.78, 5) is 0. The van der Waals surface area contributed by atoms with Gasteiger partial charge in [-0.2, -0.15) is 0 Å². The van der Waals surface area contributed by atoms with E-state index in [4.69, 9.17) is 0 Å². The van der Waals surface area contributed by atoms with Crippen LogP contribution in [0.3, 0.4) is 0 Å². The molecule has 8 aromatic rings. The molecule has 0 N–H and O–H groups in total. The third kappa shape index (κ3) is 4.91. The number of fused-ring (bicyclic) bond motifs is 5. The molecule has 1 aliphatic carbocycles. The molecule has 0 spiro atoms. The minimum Gasteiger partial charge on any atom is -0.0622 e. The van der Waals surface area contributed by atoms with Gasteiger partial charge in [-0.15, -0.1) is 0 Å². The smallest absolute Gasteiger partial charge is 0.0158 e. The van der Waals surface area contributed by atoms with E-state index in [0.717, 1.165) is 0 Å². The molecular weight excluding hydrogens is 601 g/mol. The Labute approximate surface area is 295 Å². The average Bonchev–Trinajstić information content (AvgIpc) is 3.39. The maximum Gasteiger partial charge on any atom is 0.0158 e. The van der Waals surface area contributed by atoms with Crippen LogP contribution in [0.25, 0.3) is 66.6 Å². The molecule has 0 saturated heterocycles. The number of hydrogen-bond donors (Lipinski definition) is 0. The predicted octanol–water partition coefficient (Wildman–Crippen LogP) is 13.5. The van der Waals surface area contributed by atoms with E-state index in [-0.39, 0.29) is 5.41 Å². The maximum atomic E-state index is 2.45. The molecule has 0 fully saturated rings. The summed E-state index contributed by atoms with van der Waals surface area (Å²) in [7, 11) is 0. The predicted molar refractivity (Wildman–Crippen MR) is 214 cm³/mol. The van der Waals surface area contributed by atoms with Crippen LogP contribution in [-0.2, 0) is 5.41 Å². The fraction of sp³-hybridized carbons (Fsp3) is 0.0800. The van der Waals surface area contributed by atoms with Gasteiger partial charge < -0.3 is 0 Å². The molecule has 50 heavy (non-hydrogen) atoms. The van der Waals surface area contributed by atoms with E-state index in [2.05, 4.69) is 197 Å². The molecule has 238 valence electrons. The van der Waals surface area contributed by atoms with E-state index < -0.39 is 0 Å². The summed E-state index contributed by atoms with van der Waals surface area (Å²) in [6.45, 7) is 6.91. The maximum absolute atomic E-state index is 2.45. The number of benzene rings is 8. The number of aryl methyl sites for hydroxylation is 1. The van der Waals surface area contributed by atoms with Gasteiger partial charge in [-0.1, -0.05) is 183 Å². The Bertz CT molecular complexity index is 2540. The minimum absolute atomic E-state index is 0.0145. The first-order chi connectivity index (χ1) is 24.5. The van der Waals surface area contributed by atoms with Gasteiger partial charge in [-0.3, -0.25) is 0 Å². The molecule has 0 aromatic heterocycles. The molecule has 0 nitrogen and oxygen atoms in total. The van der Waals surface area contributed by atoms with Crippen LogP contribution in [0, 0.1) is 6.92 Å². The van der Waals surface area contributed by atoms with Crippen LogP contribution in [0.5, 0.6) is 0 Å². The van der Waals surface area contributed by atoms with Gasteiger partial charge in [0.1, 0.15) is 0 Å². The van der Waals surface area contributed by atoms with Gasteiger partial charge in [0.15, 0.2) is 0 Å². The van der Waals surface area contributed by atoms with Crippen molar-refractivity contribution >= 4 is 33.2 Å². The van der Waals surface area contributed by atoms with Gasteiger partial charge in [0.05, 0.1) is 0 Å². The fourth-order valence-corrected chi connectivity index (χ4v) is 8.27. The summed E-state index contributed by atoms with van der Waals surface area (Å²) in [5.74, 6) is 0. The van der Waals surface area contributed by atoms with Crippen LogP contribution in [0.2, 0.25) is 0 Å². The Balaban J connectivity index is 1.22. The van der Waals surface area contributed by atoms with Gasteiger partial charge in [-0.25, -0.2) is 0 Å². The van der Waals surface area contributed by atoms with Gasteiger partial charge in [0, 0.05) is 5.41 Å². The van der Waals surface area contributed by atoms with Crippen LogP contribution in [0.15, 0.2) is 170 Å². The van der Waals surface area contributed by atoms with E-state index in [1.54, 1.807) is 0 Å². The Hall–Kier alpha value is -5.98. The Morgan fingerprint density at radius 2 is 0.980 bits per heavy atom. The van der Waals surface area contributed by atoms with E-state index in [1.807, 2.05) is 0 Å². The molecule has 0 heteroatoms. The molecule has 9 rings (SSSR count). The lowest BCUT2D eigenvalue weighted by molar-refractivity contribution is 0.660. The second kappa shape index (κ2) is 11.9. The van der Waals surface area contributed by atoms with Crippen molar-refractivity contribution < 1.29 is 0 Å². The molecule has 0 heterocycles. The van der Waals surface area contributed by atoms with Crippen molar-refractivity contribution in [1.82, 2.24) is 0 Å². The largest absolute Gasteiger partial charge is 0.0622 e. The molecule has 0 saturated carbocycles. The lowest BCUT2D eigenvalue weighted by Gasteiger charge is -2.22. The average molecular weight is 639 g/mol. The Kier molecular flexibility index (Phi) is 7.14. The molecule has 1 aliphatic rings. The van der Waals surface area contributed by atoms with Crippen molar-refractivity contribution in [3.05, 3.63) is 203 Å². The second-order valence-electron chi connectivity index (χ2n) is 14.2. The standard InChI is InChI=1S/C50H38/c1-33-22-28-42-45(30-33)49(38-27-29-47-44(32-38)39-18-12-13-21-46(39)50(47,2)3)41-20-11-10-19-40(41)48(42)37-25-23-34(24-26-37)31-43(35-14-6-4-7-15-35)36-16-8-5-9-17-36/h4-32H,1-3H3. The third-order valence-corrected chi connectivity index (χ3v) is 10.7. The second-order valence-corrected chi connectivity index (χ2v) is 14.2. The van der Waals surface area contributed by atoms with Crippen molar-refractivity contribution in [2.45, 2.75) is 26.2 Å². The van der Waals surface area contributed by atoms with Crippen molar-refractivity contribution in [2.24, 2.45) is 0 Å². The van der Waals surface area contributed by atoms with Crippen LogP contribution in [-0.4, -0.2) is 0 Å². The summed E-state index contributed by atoms with van der Waals surface area (Å²) >= 11 is 0. The van der Waals surface area contributed by atoms with Crippen molar-refractivity contribution in [1.29, 1.82) is 0 Å². The highest BCUT2D eigenvalue weighted by molar-refractivity contribution is 6.21. The molecule has 0 radical (unpaired) electrons. The number of rotatable bonds is 5. The molecule has 0 unspecified atom stereocenters. The van der Waals surface area contributed by atoms with E-state index in [0.29, 0.717) is 0 Å². The Morgan fingerprint density at radius 3 is 1.66 bits per heavy atom. The summed E-state index contributed by atoms with van der Waals surface area (Å²) < 4.78 is 0. The van der Waals surface area contributed by atoms with Gasteiger partial charge in [0.2, 0.25) is 0 Å². The molecular formula is C50H38. The topological polar surface area (TPSA) is 0 Å². The van der Waals surface area contributed by atoms with E-state index >= 15 is 0 Å². The zero-order chi connectivity index (χ0) is 33.8. The van der Waals surface area contributed by atoms with E-state index in [1.165, 1.54) is 93.9 Å². The van der Waals surface area contributed by atoms with Crippen LogP contribution in [0.1, 0.15) is 47.2 Å². The SMILES string of the molecule is Cc1ccc2c(-c3ccc(C=C(c4ccccc4)c4ccccc4)cc3)c3ccccc3c(-c3ccc4c(c3)-c3ccccc3C4(C)C)c2c1. The summed E-state index contributed by atoms with van der Waals surface area (Å²) in [5.41, 5.74) is 16.7. The monoisotopic (exact) mass is 638 g/mol. The van der Waals surface area contributed by atoms with Crippen molar-refractivity contribution in [3.8, 4) is 33.4 Å². The van der Waals surface area contributed by atoms with Crippen molar-refractivity contribution in [2.75, 3.05) is 0 Å². The summed E-state index contributed by atoms with van der Waals surface area (Å²) in [6.07, 6.45) is 2.31. The first-order valence-corrected chi connectivity index (χ1v) is 17.6. The number of hydrogen-bond acceptors (Lipinski definition) is 0. The summed E-state index contributed by atoms with van der Waals surface area (Å²) in [5, 5.41) is 5.13. The Morgan fingerprint density at radius 1 is 0.440 bits per heavy atom. The quantitative estimate of drug-likeness (QED) is 0.130. The van der Waals surface area contributed by atoms with Crippen LogP contribution >= 0.6 is 0 Å². The lowest BCUT2D eigenvalue weighted by atomic mass is 9.81. The zero-order valence-corrected chi connectivity index (χ0v) is 28.7. The first kappa shape index (κ1) is 30.1. The molecule has 0 bridgehead atoms. The van der Waals surface area contributed by atoms with Crippen LogP contribution in [0.4, 0.5) is 0 Å². The highest BCUT2D eigenvalue weighted by atomic mass is 14.4. The van der Waals surface area contributed by atoms with Gasteiger partial charge in [0.25, 0.3) is 0 Å². The third-order valence-electron chi connectivity index (χ3n) is 10.7. The molecule has 0 aliphatic heterocycles. The molecule has 0 atom stereocenters. The minimum atomic E-state index is -0.0145. The van der Waals surface area contributed by atoms with Gasteiger partial charge in [-0.05, 0) is 107 Å². The molecule has 8 aromatic carbocycles. The summed E-state index contributed by atoms with van der Waals surface area (Å²) in [6, 6.07) is 62.5.